The summed E-state index contributed by atoms with van der Waals surface area (Å²) >= 11 is 3.54. The van der Waals surface area contributed by atoms with Crippen molar-refractivity contribution in [1.82, 2.24) is 10.2 Å². The van der Waals surface area contributed by atoms with Crippen molar-refractivity contribution in [3.63, 3.8) is 0 Å². The average molecular weight is 182 g/mol. The van der Waals surface area contributed by atoms with E-state index in [1.165, 1.54) is 0 Å². The molecule has 0 aliphatic rings. The predicted molar refractivity (Wildman–Crippen MR) is 24.0 cm³/mol. The largest absolute Gasteiger partial charge is 0.907 e. The zero-order valence-electron chi connectivity index (χ0n) is 4.76. The summed E-state index contributed by atoms with van der Waals surface area (Å²) in [6.45, 7) is 0. The molecule has 0 amide bonds. The van der Waals surface area contributed by atoms with E-state index >= 15 is 0 Å². The number of H-pyrrole nitrogens is 1. The quantitative estimate of drug-likeness (QED) is 0.409. The Labute approximate surface area is 66.1 Å². The van der Waals surface area contributed by atoms with Crippen LogP contribution in [0.4, 0.5) is 0 Å². The van der Waals surface area contributed by atoms with Gasteiger partial charge in [-0.2, -0.15) is 0 Å². The first kappa shape index (κ1) is 9.67. The summed E-state index contributed by atoms with van der Waals surface area (Å²) in [5.41, 5.74) is 0. The number of nitrogens with zero attached hydrogens (tertiary/aromatic N) is 1. The smallest absolute Gasteiger partial charge is 0.278 e. The van der Waals surface area contributed by atoms with Gasteiger partial charge < -0.3 is 15.1 Å². The molecule has 7 heteroatoms. The minimum Gasteiger partial charge on any atom is -0.907 e. The van der Waals surface area contributed by atoms with Crippen molar-refractivity contribution >= 4 is 11.9 Å². The molecule has 1 aromatic heterocycles. The van der Waals surface area contributed by atoms with Crippen LogP contribution < -0.4 is 19.7 Å². The Morgan fingerprint density at radius 2 is 2.00 bits per heavy atom. The van der Waals surface area contributed by atoms with Crippen LogP contribution >= 0.6 is 0 Å². The molecule has 1 heterocycles. The van der Waals surface area contributed by atoms with Crippen molar-refractivity contribution < 1.29 is 31.1 Å². The molecule has 5 nitrogen and oxygen atoms in total. The van der Waals surface area contributed by atoms with Gasteiger partial charge >= 0.3 is 43.1 Å². The third-order valence-electron chi connectivity index (χ3n) is 0.460. The second-order valence-corrected chi connectivity index (χ2v) is 1.74. The van der Waals surface area contributed by atoms with Crippen molar-refractivity contribution in [2.75, 3.05) is 0 Å². The maximum absolute atomic E-state index is 8.42. The summed E-state index contributed by atoms with van der Waals surface area (Å²) < 4.78 is 0.787. The summed E-state index contributed by atoms with van der Waals surface area (Å²) in [6, 6.07) is 1.81. The molecule has 1 aromatic rings. The number of rotatable bonds is 0. The average Bonchev–Trinajstić information content (AvgIpc) is 2.15. The van der Waals surface area contributed by atoms with E-state index in [1.807, 2.05) is 0 Å². The Bertz CT molecular complexity index is 154. The Balaban J connectivity index is 0.000000180. The standard InChI is InChI=1S/C3H3N2.BO3.Fe/c1-2-4-5-3-1;2-1(3)4;/h1-2H,(H,4,5);;/q;-3;+3. The SMILES string of the molecule is [Fe+3][c]1cc[nH]n1.[O-]B([O-])[O-]. The minimum absolute atomic E-state index is 0.787. The van der Waals surface area contributed by atoms with Gasteiger partial charge in [-0.3, -0.25) is 7.32 Å². The van der Waals surface area contributed by atoms with E-state index in [2.05, 4.69) is 26.2 Å². The molecule has 1 N–H and O–H groups in total. The van der Waals surface area contributed by atoms with E-state index in [0.29, 0.717) is 0 Å². The maximum atomic E-state index is 8.42. The van der Waals surface area contributed by atoms with Crippen LogP contribution in [0, 0.1) is 0 Å². The zero-order chi connectivity index (χ0) is 7.98. The van der Waals surface area contributed by atoms with Gasteiger partial charge in [-0.1, -0.05) is 0 Å². The number of aromatic amines is 1. The Kier molecular flexibility index (Phi) is 5.28. The molecule has 0 aliphatic carbocycles. The fraction of sp³-hybridized carbons (Fsp3) is 0. The number of nitrogens with one attached hydrogen (secondary N) is 1. The number of hydrogen-bond donors (Lipinski definition) is 1. The molecule has 0 fully saturated rings. The van der Waals surface area contributed by atoms with Gasteiger partial charge in [0.15, 0.2) is 0 Å². The zero-order valence-corrected chi connectivity index (χ0v) is 5.86. The van der Waals surface area contributed by atoms with Crippen LogP contribution in [-0.2, 0) is 16.0 Å². The van der Waals surface area contributed by atoms with E-state index < -0.39 is 7.32 Å². The van der Waals surface area contributed by atoms with Crippen LogP contribution in [0.15, 0.2) is 12.3 Å². The topological polar surface area (TPSA) is 97.9 Å². The van der Waals surface area contributed by atoms with Crippen LogP contribution in [0.1, 0.15) is 0 Å². The molecule has 1 rings (SSSR count). The predicted octanol–water partition coefficient (Wildman–Crippen LogP) is -4.37. The van der Waals surface area contributed by atoms with Gasteiger partial charge in [0.2, 0.25) is 0 Å². The normalized spacial score (nSPS) is 7.90. The van der Waals surface area contributed by atoms with Gasteiger partial charge in [0.05, 0.1) is 0 Å². The summed E-state index contributed by atoms with van der Waals surface area (Å²) in [7, 11) is -2.92. The third-order valence-corrected chi connectivity index (χ3v) is 0.767. The van der Waals surface area contributed by atoms with Gasteiger partial charge in [0.1, 0.15) is 0 Å². The molecule has 0 unspecified atom stereocenters. The summed E-state index contributed by atoms with van der Waals surface area (Å²) in [5.74, 6) is 0. The monoisotopic (exact) mass is 182 g/mol. The molecule has 10 heavy (non-hydrogen) atoms. The Hall–Kier alpha value is -0.326. The van der Waals surface area contributed by atoms with Gasteiger partial charge in [0.25, 0.3) is 0 Å². The van der Waals surface area contributed by atoms with E-state index in [-0.39, 0.29) is 0 Å². The van der Waals surface area contributed by atoms with Crippen molar-refractivity contribution in [2.45, 2.75) is 0 Å². The Morgan fingerprint density at radius 3 is 2.10 bits per heavy atom. The van der Waals surface area contributed by atoms with E-state index in [4.69, 9.17) is 15.1 Å². The van der Waals surface area contributed by atoms with Crippen LogP contribution in [-0.4, -0.2) is 17.5 Å². The van der Waals surface area contributed by atoms with Crippen LogP contribution in [0.5, 0.6) is 0 Å². The minimum atomic E-state index is -2.92. The Morgan fingerprint density at radius 1 is 1.50 bits per heavy atom. The van der Waals surface area contributed by atoms with E-state index in [9.17, 15) is 0 Å². The molecular weight excluding hydrogens is 179 g/mol. The first-order chi connectivity index (χ1) is 4.63. The van der Waals surface area contributed by atoms with Gasteiger partial charge in [-0.25, -0.2) is 0 Å². The van der Waals surface area contributed by atoms with E-state index in [1.54, 1.807) is 12.3 Å². The summed E-state index contributed by atoms with van der Waals surface area (Å²) in [4.78, 5) is 0. The maximum Gasteiger partial charge on any atom is -0.278 e. The molecule has 0 saturated heterocycles. The van der Waals surface area contributed by atoms with Crippen molar-refractivity contribution in [1.29, 1.82) is 0 Å². The van der Waals surface area contributed by atoms with Crippen LogP contribution in [0.25, 0.3) is 0 Å². The molecular formula is C3H3BFeN2O3. The molecule has 0 aliphatic heterocycles. The fourth-order valence-electron chi connectivity index (χ4n) is 0.239. The molecule has 0 spiro atoms. The second-order valence-electron chi connectivity index (χ2n) is 1.17. The number of aromatic nitrogens is 2. The molecule has 0 bridgehead atoms. The fourth-order valence-corrected chi connectivity index (χ4v) is 0.402. The van der Waals surface area contributed by atoms with Crippen LogP contribution in [0.2, 0.25) is 0 Å². The number of hydrogen-bond acceptors (Lipinski definition) is 4. The molecule has 0 radical (unpaired) electrons. The van der Waals surface area contributed by atoms with Crippen molar-refractivity contribution in [2.24, 2.45) is 0 Å². The first-order valence-corrected chi connectivity index (χ1v) is 2.79. The van der Waals surface area contributed by atoms with Gasteiger partial charge in [-0.15, -0.1) is 0 Å². The third kappa shape index (κ3) is 7.67. The first-order valence-electron chi connectivity index (χ1n) is 2.24. The van der Waals surface area contributed by atoms with E-state index in [0.717, 1.165) is 4.59 Å². The van der Waals surface area contributed by atoms with Crippen LogP contribution in [0.3, 0.4) is 0 Å². The van der Waals surface area contributed by atoms with Crippen molar-refractivity contribution in [3.05, 3.63) is 12.3 Å². The summed E-state index contributed by atoms with van der Waals surface area (Å²) in [6.07, 6.45) is 1.74. The second kappa shape index (κ2) is 5.46. The molecule has 0 aromatic carbocycles. The molecule has 0 atom stereocenters. The molecule has 54 valence electrons. The molecule has 0 saturated carbocycles. The van der Waals surface area contributed by atoms with Crippen molar-refractivity contribution in [3.8, 4) is 0 Å². The summed E-state index contributed by atoms with van der Waals surface area (Å²) in [5, 5.41) is 31.5. The van der Waals surface area contributed by atoms with Gasteiger partial charge in [-0.05, 0) is 0 Å². The van der Waals surface area contributed by atoms with Gasteiger partial charge in [0, 0.05) is 0 Å².